The van der Waals surface area contributed by atoms with Crippen molar-refractivity contribution in [2.45, 2.75) is 25.4 Å². The molecular formula is C11H13NOS. The second kappa shape index (κ2) is 3.96. The molecule has 1 aromatic carbocycles. The summed E-state index contributed by atoms with van der Waals surface area (Å²) in [7, 11) is 0. The van der Waals surface area contributed by atoms with Crippen LogP contribution in [0.2, 0.25) is 0 Å². The first-order valence-electron chi connectivity index (χ1n) is 4.82. The van der Waals surface area contributed by atoms with E-state index in [9.17, 15) is 0 Å². The molecule has 0 amide bonds. The maximum atomic E-state index is 5.70. The summed E-state index contributed by atoms with van der Waals surface area (Å²) in [6, 6.07) is 7.65. The highest BCUT2D eigenvalue weighted by Gasteiger charge is 2.18. The van der Waals surface area contributed by atoms with Crippen molar-refractivity contribution in [1.82, 2.24) is 0 Å². The monoisotopic (exact) mass is 207 g/mol. The van der Waals surface area contributed by atoms with E-state index in [1.54, 1.807) is 0 Å². The van der Waals surface area contributed by atoms with Crippen molar-refractivity contribution < 1.29 is 4.74 Å². The first-order valence-corrected chi connectivity index (χ1v) is 5.23. The van der Waals surface area contributed by atoms with Gasteiger partial charge in [-0.2, -0.15) is 0 Å². The molecule has 14 heavy (non-hydrogen) atoms. The topological polar surface area (TPSA) is 35.2 Å². The number of rotatable bonds is 3. The fraction of sp³-hybridized carbons (Fsp3) is 0.364. The number of nitrogens with two attached hydrogens (primary N) is 1. The maximum absolute atomic E-state index is 5.70. The molecule has 0 saturated heterocycles. The lowest BCUT2D eigenvalue weighted by atomic mass is 9.96. The Morgan fingerprint density at radius 2 is 1.93 bits per heavy atom. The molecule has 1 fully saturated rings. The van der Waals surface area contributed by atoms with Gasteiger partial charge in [0.15, 0.2) is 0 Å². The van der Waals surface area contributed by atoms with Crippen LogP contribution in [0.15, 0.2) is 24.3 Å². The third-order valence-electron chi connectivity index (χ3n) is 2.49. The molecule has 0 aliphatic heterocycles. The number of ether oxygens (including phenoxy) is 1. The van der Waals surface area contributed by atoms with Gasteiger partial charge in [0.1, 0.15) is 10.7 Å². The Bertz CT molecular complexity index is 330. The molecular weight excluding hydrogens is 194 g/mol. The Balaban J connectivity index is 2.01. The Hall–Kier alpha value is -1.09. The van der Waals surface area contributed by atoms with Crippen molar-refractivity contribution >= 4 is 17.2 Å². The molecule has 3 heteroatoms. The minimum atomic E-state index is 0.422. The summed E-state index contributed by atoms with van der Waals surface area (Å²) in [6.45, 7) is 0. The van der Waals surface area contributed by atoms with Crippen LogP contribution in [-0.2, 0) is 0 Å². The standard InChI is InChI=1S/C11H13NOS/c12-11(14)8-4-6-10(7-5-8)13-9-2-1-3-9/h4-7,9H,1-3H2,(H2,12,14). The molecule has 1 aromatic rings. The van der Waals surface area contributed by atoms with E-state index in [0.29, 0.717) is 11.1 Å². The normalized spacial score (nSPS) is 16.0. The van der Waals surface area contributed by atoms with E-state index in [4.69, 9.17) is 22.7 Å². The number of hydrogen-bond acceptors (Lipinski definition) is 2. The zero-order chi connectivity index (χ0) is 9.97. The maximum Gasteiger partial charge on any atom is 0.119 e. The van der Waals surface area contributed by atoms with E-state index in [0.717, 1.165) is 11.3 Å². The van der Waals surface area contributed by atoms with Gasteiger partial charge in [-0.3, -0.25) is 0 Å². The minimum absolute atomic E-state index is 0.422. The number of benzene rings is 1. The lowest BCUT2D eigenvalue weighted by Gasteiger charge is -2.26. The zero-order valence-electron chi connectivity index (χ0n) is 7.90. The van der Waals surface area contributed by atoms with Crippen molar-refractivity contribution in [2.75, 3.05) is 0 Å². The van der Waals surface area contributed by atoms with E-state index in [1.807, 2.05) is 24.3 Å². The summed E-state index contributed by atoms with van der Waals surface area (Å²) in [5.74, 6) is 0.912. The smallest absolute Gasteiger partial charge is 0.119 e. The van der Waals surface area contributed by atoms with Gasteiger partial charge in [-0.15, -0.1) is 0 Å². The van der Waals surface area contributed by atoms with Crippen LogP contribution in [0.1, 0.15) is 24.8 Å². The van der Waals surface area contributed by atoms with Crippen LogP contribution in [0.5, 0.6) is 5.75 Å². The van der Waals surface area contributed by atoms with Crippen LogP contribution in [0.4, 0.5) is 0 Å². The third-order valence-corrected chi connectivity index (χ3v) is 2.73. The van der Waals surface area contributed by atoms with Gasteiger partial charge in [0.05, 0.1) is 6.10 Å². The highest BCUT2D eigenvalue weighted by Crippen LogP contribution is 2.25. The van der Waals surface area contributed by atoms with E-state index < -0.39 is 0 Å². The van der Waals surface area contributed by atoms with Crippen molar-refractivity contribution in [3.63, 3.8) is 0 Å². The number of thiocarbonyl (C=S) groups is 1. The molecule has 0 bridgehead atoms. The lowest BCUT2D eigenvalue weighted by Crippen LogP contribution is -2.24. The lowest BCUT2D eigenvalue weighted by molar-refractivity contribution is 0.120. The largest absolute Gasteiger partial charge is 0.490 e. The molecule has 0 aromatic heterocycles. The molecule has 2 rings (SSSR count). The van der Waals surface area contributed by atoms with Gasteiger partial charge in [-0.25, -0.2) is 0 Å². The zero-order valence-corrected chi connectivity index (χ0v) is 8.72. The molecule has 1 saturated carbocycles. The third kappa shape index (κ3) is 2.04. The first-order chi connectivity index (χ1) is 6.75. The van der Waals surface area contributed by atoms with Crippen LogP contribution in [0.25, 0.3) is 0 Å². The van der Waals surface area contributed by atoms with Gasteiger partial charge in [0, 0.05) is 5.56 Å². The minimum Gasteiger partial charge on any atom is -0.490 e. The summed E-state index contributed by atoms with van der Waals surface area (Å²) in [6.07, 6.45) is 4.06. The van der Waals surface area contributed by atoms with Crippen molar-refractivity contribution in [1.29, 1.82) is 0 Å². The van der Waals surface area contributed by atoms with E-state index >= 15 is 0 Å². The Morgan fingerprint density at radius 3 is 2.36 bits per heavy atom. The molecule has 0 atom stereocenters. The van der Waals surface area contributed by atoms with Crippen LogP contribution >= 0.6 is 12.2 Å². The molecule has 2 N–H and O–H groups in total. The average Bonchev–Trinajstić information content (AvgIpc) is 2.12. The quantitative estimate of drug-likeness (QED) is 0.772. The van der Waals surface area contributed by atoms with Crippen LogP contribution < -0.4 is 10.5 Å². The molecule has 0 radical (unpaired) electrons. The molecule has 0 heterocycles. The first kappa shape index (κ1) is 9.46. The van der Waals surface area contributed by atoms with Crippen LogP contribution in [0, 0.1) is 0 Å². The van der Waals surface area contributed by atoms with Gasteiger partial charge in [0.25, 0.3) is 0 Å². The van der Waals surface area contributed by atoms with Gasteiger partial charge >= 0.3 is 0 Å². The van der Waals surface area contributed by atoms with Gasteiger partial charge in [0.2, 0.25) is 0 Å². The summed E-state index contributed by atoms with van der Waals surface area (Å²) in [5, 5.41) is 0. The molecule has 0 unspecified atom stereocenters. The molecule has 1 aliphatic rings. The van der Waals surface area contributed by atoms with Crippen molar-refractivity contribution in [3.05, 3.63) is 29.8 Å². The summed E-state index contributed by atoms with van der Waals surface area (Å²) in [5.41, 5.74) is 6.38. The highest BCUT2D eigenvalue weighted by molar-refractivity contribution is 7.80. The highest BCUT2D eigenvalue weighted by atomic mass is 32.1. The van der Waals surface area contributed by atoms with E-state index in [2.05, 4.69) is 0 Å². The van der Waals surface area contributed by atoms with Gasteiger partial charge < -0.3 is 10.5 Å². The second-order valence-electron chi connectivity index (χ2n) is 3.56. The fourth-order valence-electron chi connectivity index (χ4n) is 1.38. The molecule has 2 nitrogen and oxygen atoms in total. The Morgan fingerprint density at radius 1 is 1.29 bits per heavy atom. The molecule has 1 aliphatic carbocycles. The SMILES string of the molecule is NC(=S)c1ccc(OC2CCC2)cc1. The fourth-order valence-corrected chi connectivity index (χ4v) is 1.51. The molecule has 74 valence electrons. The Labute approximate surface area is 89.1 Å². The average molecular weight is 207 g/mol. The number of hydrogen-bond donors (Lipinski definition) is 1. The van der Waals surface area contributed by atoms with Gasteiger partial charge in [-0.1, -0.05) is 12.2 Å². The second-order valence-corrected chi connectivity index (χ2v) is 4.00. The van der Waals surface area contributed by atoms with Crippen molar-refractivity contribution in [3.8, 4) is 5.75 Å². The van der Waals surface area contributed by atoms with Crippen molar-refractivity contribution in [2.24, 2.45) is 5.73 Å². The van der Waals surface area contributed by atoms with E-state index in [1.165, 1.54) is 19.3 Å². The van der Waals surface area contributed by atoms with Gasteiger partial charge in [-0.05, 0) is 43.5 Å². The van der Waals surface area contributed by atoms with Crippen LogP contribution in [-0.4, -0.2) is 11.1 Å². The molecule has 0 spiro atoms. The Kier molecular flexibility index (Phi) is 2.68. The summed E-state index contributed by atoms with van der Waals surface area (Å²) < 4.78 is 5.70. The summed E-state index contributed by atoms with van der Waals surface area (Å²) >= 11 is 4.86. The van der Waals surface area contributed by atoms with E-state index in [-0.39, 0.29) is 0 Å². The predicted molar refractivity (Wildman–Crippen MR) is 60.6 cm³/mol. The predicted octanol–water partition coefficient (Wildman–Crippen LogP) is 2.25. The summed E-state index contributed by atoms with van der Waals surface area (Å²) in [4.78, 5) is 0.431. The van der Waals surface area contributed by atoms with Crippen LogP contribution in [0.3, 0.4) is 0 Å².